The Kier molecular flexibility index (Phi) is 6.17. The van der Waals surface area contributed by atoms with E-state index in [-0.39, 0.29) is 17.7 Å². The van der Waals surface area contributed by atoms with E-state index in [0.29, 0.717) is 17.9 Å². The number of pyridine rings is 1. The fourth-order valence-corrected chi connectivity index (χ4v) is 5.32. The zero-order chi connectivity index (χ0) is 26.1. The van der Waals surface area contributed by atoms with Gasteiger partial charge in [-0.2, -0.15) is 0 Å². The first-order valence-electron chi connectivity index (χ1n) is 12.7. The summed E-state index contributed by atoms with van der Waals surface area (Å²) in [4.78, 5) is 34.0. The van der Waals surface area contributed by atoms with E-state index < -0.39 is 0 Å². The van der Waals surface area contributed by atoms with Gasteiger partial charge in [-0.1, -0.05) is 42.5 Å². The van der Waals surface area contributed by atoms with Crippen LogP contribution in [0, 0.1) is 0 Å². The third kappa shape index (κ3) is 4.54. The second-order valence-corrected chi connectivity index (χ2v) is 9.58. The van der Waals surface area contributed by atoms with E-state index in [4.69, 9.17) is 4.98 Å². The average Bonchev–Trinajstić information content (AvgIpc) is 3.53. The lowest BCUT2D eigenvalue weighted by atomic mass is 9.96. The predicted molar refractivity (Wildman–Crippen MR) is 147 cm³/mol. The van der Waals surface area contributed by atoms with Crippen molar-refractivity contribution in [2.75, 3.05) is 5.32 Å². The predicted octanol–water partition coefficient (Wildman–Crippen LogP) is 5.19. The summed E-state index contributed by atoms with van der Waals surface area (Å²) in [6.07, 6.45) is 3.32. The molecule has 0 saturated carbocycles. The number of hydrogen-bond acceptors (Lipinski definition) is 4. The fraction of sp³-hybridized carbons (Fsp3) is 0.161. The number of hydrogen-bond donors (Lipinski definition) is 2. The Morgan fingerprint density at radius 1 is 0.921 bits per heavy atom. The van der Waals surface area contributed by atoms with Crippen LogP contribution >= 0.6 is 0 Å². The van der Waals surface area contributed by atoms with Crippen LogP contribution < -0.4 is 10.6 Å². The van der Waals surface area contributed by atoms with E-state index in [0.717, 1.165) is 46.5 Å². The summed E-state index contributed by atoms with van der Waals surface area (Å²) >= 11 is 0. The first-order chi connectivity index (χ1) is 18.6. The van der Waals surface area contributed by atoms with Gasteiger partial charge in [0.15, 0.2) is 0 Å². The summed E-state index contributed by atoms with van der Waals surface area (Å²) in [5.41, 5.74) is 6.90. The summed E-state index contributed by atoms with van der Waals surface area (Å²) in [5, 5.41) is 5.91. The number of para-hydroxylation sites is 3. The maximum atomic E-state index is 13.2. The number of rotatable bonds is 6. The van der Waals surface area contributed by atoms with Crippen LogP contribution in [0.4, 0.5) is 5.82 Å². The molecule has 2 amide bonds. The van der Waals surface area contributed by atoms with Crippen LogP contribution in [-0.2, 0) is 24.2 Å². The number of nitrogens with zero attached hydrogens (tertiary/aromatic N) is 3. The molecule has 1 aliphatic carbocycles. The highest BCUT2D eigenvalue weighted by Crippen LogP contribution is 2.37. The summed E-state index contributed by atoms with van der Waals surface area (Å²) in [7, 11) is 0. The minimum absolute atomic E-state index is 0.136. The molecule has 7 nitrogen and oxygen atoms in total. The van der Waals surface area contributed by atoms with Crippen molar-refractivity contribution in [3.8, 4) is 5.69 Å². The van der Waals surface area contributed by atoms with E-state index >= 15 is 0 Å². The largest absolute Gasteiger partial charge is 0.345 e. The Morgan fingerprint density at radius 3 is 2.55 bits per heavy atom. The molecule has 0 saturated heterocycles. The van der Waals surface area contributed by atoms with Gasteiger partial charge in [0.25, 0.3) is 5.91 Å². The minimum Gasteiger partial charge on any atom is -0.345 e. The van der Waals surface area contributed by atoms with Crippen molar-refractivity contribution in [3.63, 3.8) is 0 Å². The van der Waals surface area contributed by atoms with Gasteiger partial charge in [0.2, 0.25) is 5.91 Å². The second-order valence-electron chi connectivity index (χ2n) is 9.58. The zero-order valence-electron chi connectivity index (χ0n) is 21.0. The highest BCUT2D eigenvalue weighted by molar-refractivity contribution is 5.94. The molecule has 188 valence electrons. The van der Waals surface area contributed by atoms with Gasteiger partial charge in [-0.15, -0.1) is 0 Å². The number of fused-ring (bicyclic) bond motifs is 2. The van der Waals surface area contributed by atoms with Crippen LogP contribution in [0.2, 0.25) is 0 Å². The molecule has 7 heteroatoms. The molecule has 2 aromatic heterocycles. The van der Waals surface area contributed by atoms with E-state index in [9.17, 15) is 9.59 Å². The standard InChI is InChI=1S/C31H27N5O2/c1-20(37)34-30-26(10-7-15-32-30)24-16-21-13-14-22(17-23(21)18-24)31(38)33-19-29-35-27-11-5-6-12-28(27)36(29)25-8-3-2-4-9-25/h2-15,17,24H,16,18-19H2,1H3,(H,33,38)(H,32,34,37). The lowest BCUT2D eigenvalue weighted by Crippen LogP contribution is -2.24. The summed E-state index contributed by atoms with van der Waals surface area (Å²) in [5.74, 6) is 1.30. The maximum absolute atomic E-state index is 13.2. The molecule has 0 radical (unpaired) electrons. The topological polar surface area (TPSA) is 88.9 Å². The Hall–Kier alpha value is -4.78. The molecule has 6 rings (SSSR count). The summed E-state index contributed by atoms with van der Waals surface area (Å²) in [6, 6.07) is 27.9. The van der Waals surface area contributed by atoms with Crippen molar-refractivity contribution in [1.29, 1.82) is 0 Å². The van der Waals surface area contributed by atoms with Gasteiger partial charge in [-0.25, -0.2) is 9.97 Å². The normalized spacial score (nSPS) is 14.3. The van der Waals surface area contributed by atoms with Crippen LogP contribution in [-0.4, -0.2) is 26.3 Å². The van der Waals surface area contributed by atoms with Crippen molar-refractivity contribution in [1.82, 2.24) is 19.9 Å². The van der Waals surface area contributed by atoms with Gasteiger partial charge in [-0.05, 0) is 77.9 Å². The molecule has 1 atom stereocenters. The van der Waals surface area contributed by atoms with Crippen LogP contribution in [0.15, 0.2) is 91.1 Å². The third-order valence-electron chi connectivity index (χ3n) is 7.03. The quantitative estimate of drug-likeness (QED) is 0.335. The molecule has 1 aliphatic rings. The zero-order valence-corrected chi connectivity index (χ0v) is 21.0. The summed E-state index contributed by atoms with van der Waals surface area (Å²) < 4.78 is 2.09. The molecule has 2 N–H and O–H groups in total. The number of nitrogens with one attached hydrogen (secondary N) is 2. The molecule has 38 heavy (non-hydrogen) atoms. The van der Waals surface area contributed by atoms with E-state index in [1.807, 2.05) is 84.9 Å². The van der Waals surface area contributed by atoms with Gasteiger partial charge in [0, 0.05) is 24.4 Å². The molecule has 2 heterocycles. The number of amides is 2. The third-order valence-corrected chi connectivity index (χ3v) is 7.03. The second kappa shape index (κ2) is 9.94. The van der Waals surface area contributed by atoms with Crippen LogP contribution in [0.1, 0.15) is 45.7 Å². The van der Waals surface area contributed by atoms with Crippen molar-refractivity contribution in [2.24, 2.45) is 0 Å². The SMILES string of the molecule is CC(=O)Nc1ncccc1C1Cc2ccc(C(=O)NCc3nc4ccccc4n3-c3ccccc3)cc2C1. The number of carbonyl (C=O) groups excluding carboxylic acids is 2. The molecule has 0 fully saturated rings. The molecular formula is C31H27N5O2. The molecule has 3 aromatic carbocycles. The smallest absolute Gasteiger partial charge is 0.251 e. The number of imidazole rings is 1. The van der Waals surface area contributed by atoms with Gasteiger partial charge in [-0.3, -0.25) is 14.2 Å². The molecule has 0 bridgehead atoms. The average molecular weight is 502 g/mol. The van der Waals surface area contributed by atoms with E-state index in [1.54, 1.807) is 6.20 Å². The molecule has 0 aliphatic heterocycles. The van der Waals surface area contributed by atoms with Crippen LogP contribution in [0.5, 0.6) is 0 Å². The van der Waals surface area contributed by atoms with E-state index in [2.05, 4.69) is 20.2 Å². The lowest BCUT2D eigenvalue weighted by molar-refractivity contribution is -0.114. The van der Waals surface area contributed by atoms with Crippen molar-refractivity contribution in [2.45, 2.75) is 32.2 Å². The highest BCUT2D eigenvalue weighted by Gasteiger charge is 2.26. The fourth-order valence-electron chi connectivity index (χ4n) is 5.32. The van der Waals surface area contributed by atoms with Crippen LogP contribution in [0.25, 0.3) is 16.7 Å². The Labute approximate surface area is 220 Å². The number of benzene rings is 3. The Morgan fingerprint density at radius 2 is 1.71 bits per heavy atom. The Balaban J connectivity index is 1.21. The van der Waals surface area contributed by atoms with E-state index in [1.165, 1.54) is 12.5 Å². The lowest BCUT2D eigenvalue weighted by Gasteiger charge is -2.14. The molecular weight excluding hydrogens is 474 g/mol. The van der Waals surface area contributed by atoms with Gasteiger partial charge >= 0.3 is 0 Å². The first kappa shape index (κ1) is 23.6. The number of aromatic nitrogens is 3. The summed E-state index contributed by atoms with van der Waals surface area (Å²) in [6.45, 7) is 1.79. The minimum atomic E-state index is -0.139. The number of carbonyl (C=O) groups is 2. The van der Waals surface area contributed by atoms with Crippen molar-refractivity contribution >= 4 is 28.7 Å². The van der Waals surface area contributed by atoms with Crippen molar-refractivity contribution < 1.29 is 9.59 Å². The van der Waals surface area contributed by atoms with Gasteiger partial charge in [0.05, 0.1) is 17.6 Å². The molecule has 0 spiro atoms. The monoisotopic (exact) mass is 501 g/mol. The van der Waals surface area contributed by atoms with Crippen molar-refractivity contribution in [3.05, 3.63) is 119 Å². The van der Waals surface area contributed by atoms with Gasteiger partial charge < -0.3 is 10.6 Å². The molecule has 5 aromatic rings. The van der Waals surface area contributed by atoms with Gasteiger partial charge in [0.1, 0.15) is 11.6 Å². The van der Waals surface area contributed by atoms with Crippen LogP contribution in [0.3, 0.4) is 0 Å². The number of anilines is 1. The molecule has 1 unspecified atom stereocenters. The Bertz CT molecular complexity index is 1660. The first-order valence-corrected chi connectivity index (χ1v) is 12.7. The highest BCUT2D eigenvalue weighted by atomic mass is 16.2. The maximum Gasteiger partial charge on any atom is 0.251 e.